The van der Waals surface area contributed by atoms with Crippen molar-refractivity contribution in [3.8, 4) is 0 Å². The third kappa shape index (κ3) is 4.19. The van der Waals surface area contributed by atoms with E-state index in [1.807, 2.05) is 28.7 Å². The Hall–Kier alpha value is -2.31. The zero-order valence-electron chi connectivity index (χ0n) is 19.0. The van der Waals surface area contributed by atoms with Crippen LogP contribution in [0.25, 0.3) is 0 Å². The zero-order valence-corrected chi connectivity index (χ0v) is 19.8. The predicted octanol–water partition coefficient (Wildman–Crippen LogP) is 0.265. The fourth-order valence-corrected chi connectivity index (χ4v) is 6.93. The summed E-state index contributed by atoms with van der Waals surface area (Å²) in [5.41, 5.74) is 0. The summed E-state index contributed by atoms with van der Waals surface area (Å²) >= 11 is 1.48. The lowest BCUT2D eigenvalue weighted by molar-refractivity contribution is -0.163. The third-order valence-corrected chi connectivity index (χ3v) is 8.62. The number of ether oxygens (including phenoxy) is 1. The van der Waals surface area contributed by atoms with E-state index in [-0.39, 0.29) is 40.9 Å². The molecule has 3 fully saturated rings. The average Bonchev–Trinajstić information content (AvgIpc) is 3.23. The van der Waals surface area contributed by atoms with Crippen LogP contribution in [0.5, 0.6) is 0 Å². The van der Waals surface area contributed by atoms with Gasteiger partial charge in [-0.3, -0.25) is 24.8 Å². The maximum Gasteiger partial charge on any atom is 0.512 e. The second kappa shape index (κ2) is 9.15. The first-order chi connectivity index (χ1) is 15.6. The molecule has 4 aliphatic heterocycles. The number of piperazine rings is 1. The molecule has 11 nitrogen and oxygen atoms in total. The lowest BCUT2D eigenvalue weighted by Gasteiger charge is -2.45. The largest absolute Gasteiger partial charge is 0.512 e. The fourth-order valence-electron chi connectivity index (χ4n) is 5.39. The van der Waals surface area contributed by atoms with E-state index in [0.29, 0.717) is 44.0 Å². The summed E-state index contributed by atoms with van der Waals surface area (Å²) in [5.74, 6) is -0.947. The molecule has 3 saturated heterocycles. The van der Waals surface area contributed by atoms with E-state index < -0.39 is 18.2 Å². The number of nitrogens with one attached hydrogen (secondary N) is 1. The number of rotatable bonds is 6. The first kappa shape index (κ1) is 23.8. The van der Waals surface area contributed by atoms with E-state index in [1.165, 1.54) is 23.0 Å². The lowest BCUT2D eigenvalue weighted by atomic mass is 9.79. The smallest absolute Gasteiger partial charge is 0.449 e. The number of aliphatic hydroxyl groups excluding tert-OH is 1. The van der Waals surface area contributed by atoms with Gasteiger partial charge in [-0.05, 0) is 20.4 Å². The van der Waals surface area contributed by atoms with Crippen LogP contribution < -0.4 is 0 Å². The molecule has 182 valence electrons. The van der Waals surface area contributed by atoms with Crippen LogP contribution in [0.1, 0.15) is 20.3 Å². The van der Waals surface area contributed by atoms with Gasteiger partial charge in [0.15, 0.2) is 0 Å². The molecule has 0 aliphatic carbocycles. The van der Waals surface area contributed by atoms with Crippen LogP contribution in [-0.2, 0) is 14.3 Å². The number of likely N-dealkylation sites (N-methyl/N-ethyl adjacent to an activating group) is 1. The Morgan fingerprint density at radius 2 is 1.94 bits per heavy atom. The SMILES string of the molecule is CC(O)C1C(=O)N2C(OC(=O)O)=C(SC3CC(C(=O)N4CCN(C=N)CC4)N(C)C3)C(C)[C@@H]12. The minimum Gasteiger partial charge on any atom is -0.449 e. The maximum absolute atomic E-state index is 13.1. The molecule has 0 aromatic rings. The van der Waals surface area contributed by atoms with Crippen molar-refractivity contribution in [1.82, 2.24) is 19.6 Å². The quantitative estimate of drug-likeness (QED) is 0.211. The molecule has 0 spiro atoms. The third-order valence-electron chi connectivity index (χ3n) is 7.14. The van der Waals surface area contributed by atoms with Crippen molar-refractivity contribution in [3.05, 3.63) is 10.8 Å². The molecule has 2 amide bonds. The topological polar surface area (TPSA) is 138 Å². The molecular weight excluding hydrogens is 450 g/mol. The van der Waals surface area contributed by atoms with Gasteiger partial charge in [-0.15, -0.1) is 11.8 Å². The molecule has 6 atom stereocenters. The van der Waals surface area contributed by atoms with Gasteiger partial charge in [-0.1, -0.05) is 6.92 Å². The van der Waals surface area contributed by atoms with Crippen LogP contribution in [-0.4, -0.2) is 117 Å². The molecule has 3 N–H and O–H groups in total. The number of β-lactam (4-membered cyclic amide) rings is 1. The van der Waals surface area contributed by atoms with E-state index in [4.69, 9.17) is 10.1 Å². The van der Waals surface area contributed by atoms with E-state index in [2.05, 4.69) is 0 Å². The number of hydrogen-bond acceptors (Lipinski definition) is 8. The average molecular weight is 482 g/mol. The van der Waals surface area contributed by atoms with Crippen LogP contribution in [0.2, 0.25) is 0 Å². The van der Waals surface area contributed by atoms with Crippen molar-refractivity contribution in [2.24, 2.45) is 11.8 Å². The molecule has 4 rings (SSSR count). The van der Waals surface area contributed by atoms with Gasteiger partial charge in [0.2, 0.25) is 17.7 Å². The van der Waals surface area contributed by atoms with Crippen LogP contribution in [0.3, 0.4) is 0 Å². The molecule has 0 radical (unpaired) electrons. The minimum atomic E-state index is -1.48. The Balaban J connectivity index is 1.46. The molecule has 0 bridgehead atoms. The summed E-state index contributed by atoms with van der Waals surface area (Å²) in [4.78, 5) is 44.9. The van der Waals surface area contributed by atoms with Crippen LogP contribution in [0, 0.1) is 17.2 Å². The van der Waals surface area contributed by atoms with Crippen molar-refractivity contribution in [1.29, 1.82) is 5.41 Å². The Bertz CT molecular complexity index is 873. The number of carbonyl (C=O) groups is 3. The summed E-state index contributed by atoms with van der Waals surface area (Å²) in [7, 11) is 1.91. The fraction of sp³-hybridized carbons (Fsp3) is 0.714. The second-order valence-corrected chi connectivity index (χ2v) is 10.6. The van der Waals surface area contributed by atoms with E-state index in [9.17, 15) is 24.6 Å². The summed E-state index contributed by atoms with van der Waals surface area (Å²) in [6.07, 6.45) is -0.395. The minimum absolute atomic E-state index is 0.0375. The van der Waals surface area contributed by atoms with Crippen molar-refractivity contribution in [2.75, 3.05) is 39.8 Å². The number of likely N-dealkylation sites (tertiary alicyclic amines) is 1. The molecule has 0 aromatic heterocycles. The van der Waals surface area contributed by atoms with Crippen LogP contribution in [0.4, 0.5) is 4.79 Å². The molecule has 4 heterocycles. The van der Waals surface area contributed by atoms with Crippen molar-refractivity contribution in [2.45, 2.75) is 43.7 Å². The second-order valence-electron chi connectivity index (χ2n) is 9.21. The van der Waals surface area contributed by atoms with Gasteiger partial charge in [-0.25, -0.2) is 4.79 Å². The molecule has 0 saturated carbocycles. The van der Waals surface area contributed by atoms with Gasteiger partial charge in [0.05, 0.1) is 35.3 Å². The van der Waals surface area contributed by atoms with E-state index in [0.717, 1.165) is 0 Å². The van der Waals surface area contributed by atoms with Gasteiger partial charge in [0.25, 0.3) is 0 Å². The Morgan fingerprint density at radius 3 is 2.52 bits per heavy atom. The Kier molecular flexibility index (Phi) is 6.61. The number of amides is 2. The number of carbonyl (C=O) groups excluding carboxylic acids is 2. The van der Waals surface area contributed by atoms with Crippen LogP contribution >= 0.6 is 11.8 Å². The molecule has 12 heteroatoms. The Labute approximate surface area is 196 Å². The first-order valence-corrected chi connectivity index (χ1v) is 12.1. The normalized spacial score (nSPS) is 33.2. The molecule has 0 aromatic carbocycles. The maximum atomic E-state index is 13.1. The highest BCUT2D eigenvalue weighted by molar-refractivity contribution is 8.03. The highest BCUT2D eigenvalue weighted by Crippen LogP contribution is 2.52. The number of hydrogen-bond donors (Lipinski definition) is 3. The number of thioether (sulfide) groups is 1. The van der Waals surface area contributed by atoms with Crippen molar-refractivity contribution >= 4 is 36.1 Å². The van der Waals surface area contributed by atoms with Gasteiger partial charge in [0, 0.05) is 43.9 Å². The number of fused-ring (bicyclic) bond motifs is 1. The highest BCUT2D eigenvalue weighted by atomic mass is 32.2. The Morgan fingerprint density at radius 1 is 1.27 bits per heavy atom. The number of carboxylic acid groups (broad SMARTS) is 1. The summed E-state index contributed by atoms with van der Waals surface area (Å²) in [6.45, 7) is 6.63. The predicted molar refractivity (Wildman–Crippen MR) is 120 cm³/mol. The molecular formula is C21H31N5O6S. The van der Waals surface area contributed by atoms with Crippen molar-refractivity contribution < 1.29 is 29.3 Å². The van der Waals surface area contributed by atoms with E-state index in [1.54, 1.807) is 6.92 Å². The molecule has 4 aliphatic rings. The highest BCUT2D eigenvalue weighted by Gasteiger charge is 2.60. The summed E-state index contributed by atoms with van der Waals surface area (Å²) in [5, 5.41) is 26.7. The first-order valence-electron chi connectivity index (χ1n) is 11.2. The van der Waals surface area contributed by atoms with Gasteiger partial charge >= 0.3 is 6.16 Å². The van der Waals surface area contributed by atoms with Crippen molar-refractivity contribution in [3.63, 3.8) is 0 Å². The number of nitrogens with zero attached hydrogens (tertiary/aromatic N) is 4. The molecule has 5 unspecified atom stereocenters. The standard InChI is InChI=1S/C21H31N5O6S/c1-11-16-15(12(2)27)19(29)26(16)20(32-21(30)31)17(11)33-13-8-14(23(3)9-13)18(28)25-6-4-24(10-22)5-7-25/h10-16,22,27H,4-9H2,1-3H3,(H,30,31)/t11?,12?,13?,14?,15?,16-/m0/s1. The number of aliphatic hydroxyl groups is 1. The van der Waals surface area contributed by atoms with Gasteiger partial charge in [-0.2, -0.15) is 0 Å². The monoisotopic (exact) mass is 481 g/mol. The van der Waals surface area contributed by atoms with Gasteiger partial charge in [0.1, 0.15) is 0 Å². The van der Waals surface area contributed by atoms with E-state index >= 15 is 0 Å². The summed E-state index contributed by atoms with van der Waals surface area (Å²) < 4.78 is 5.04. The zero-order chi connectivity index (χ0) is 24.0. The van der Waals surface area contributed by atoms with Crippen LogP contribution in [0.15, 0.2) is 10.8 Å². The lowest BCUT2D eigenvalue weighted by Crippen LogP contribution is -2.63. The molecule has 33 heavy (non-hydrogen) atoms. The van der Waals surface area contributed by atoms with Gasteiger partial charge < -0.3 is 24.7 Å². The summed E-state index contributed by atoms with van der Waals surface area (Å²) in [6, 6.07) is -0.588.